The molecule has 0 aliphatic carbocycles. The van der Waals surface area contributed by atoms with Crippen molar-refractivity contribution in [3.8, 4) is 0 Å². The molecule has 1 atom stereocenters. The number of piperidine rings is 1. The normalized spacial score (nSPS) is 20.3. The molecule has 0 saturated carbocycles. The molecule has 3 heterocycles. The molecule has 2 aromatic heterocycles. The van der Waals surface area contributed by atoms with Crippen LogP contribution in [0.3, 0.4) is 0 Å². The molecule has 3 aromatic rings. The number of thiophene rings is 1. The fourth-order valence-electron chi connectivity index (χ4n) is 3.74. The van der Waals surface area contributed by atoms with E-state index in [1.807, 2.05) is 35.7 Å². The van der Waals surface area contributed by atoms with Crippen LogP contribution in [0.15, 0.2) is 46.3 Å². The number of benzene rings is 1. The van der Waals surface area contributed by atoms with Crippen LogP contribution in [0.4, 0.5) is 0 Å². The standard InChI is InChI=1S/C20H20BrN3O3S/c21-14-11-28-16-9-15(22-17(14)16)18(25)23-20(19(26)27)7-4-8-24(12-20)10-13-5-2-1-3-6-13/h1-3,5-6,9,11,22H,4,7-8,10,12H2,(H,23,25)(H,26,27). The number of fused-ring (bicyclic) bond motifs is 1. The average Bonchev–Trinajstić information content (AvgIpc) is 3.25. The third-order valence-corrected chi connectivity index (χ3v) is 6.99. The number of carboxylic acids is 1. The molecule has 1 unspecified atom stereocenters. The molecule has 0 radical (unpaired) electrons. The maximum atomic E-state index is 12.8. The predicted molar refractivity (Wildman–Crippen MR) is 113 cm³/mol. The maximum Gasteiger partial charge on any atom is 0.330 e. The van der Waals surface area contributed by atoms with Gasteiger partial charge in [0, 0.05) is 18.5 Å². The van der Waals surface area contributed by atoms with E-state index in [0.29, 0.717) is 25.1 Å². The first-order chi connectivity index (χ1) is 13.5. The number of rotatable bonds is 5. The Balaban J connectivity index is 1.53. The number of halogens is 1. The van der Waals surface area contributed by atoms with Gasteiger partial charge < -0.3 is 15.4 Å². The van der Waals surface area contributed by atoms with E-state index in [9.17, 15) is 14.7 Å². The Morgan fingerprint density at radius 2 is 2.11 bits per heavy atom. The number of aliphatic carboxylic acids is 1. The van der Waals surface area contributed by atoms with Crippen LogP contribution >= 0.6 is 27.3 Å². The number of nitrogens with one attached hydrogen (secondary N) is 2. The maximum absolute atomic E-state index is 12.8. The molecule has 1 aliphatic rings. The van der Waals surface area contributed by atoms with Gasteiger partial charge in [0.1, 0.15) is 5.69 Å². The summed E-state index contributed by atoms with van der Waals surface area (Å²) in [5.41, 5.74) is 1.07. The quantitative estimate of drug-likeness (QED) is 0.538. The van der Waals surface area contributed by atoms with E-state index in [1.165, 1.54) is 11.3 Å². The van der Waals surface area contributed by atoms with E-state index in [0.717, 1.165) is 26.8 Å². The minimum atomic E-state index is -1.29. The molecule has 28 heavy (non-hydrogen) atoms. The molecule has 0 bridgehead atoms. The average molecular weight is 462 g/mol. The lowest BCUT2D eigenvalue weighted by molar-refractivity contribution is -0.147. The minimum absolute atomic E-state index is 0.280. The number of carboxylic acid groups (broad SMARTS) is 1. The van der Waals surface area contributed by atoms with Gasteiger partial charge in [-0.2, -0.15) is 0 Å². The summed E-state index contributed by atoms with van der Waals surface area (Å²) in [5.74, 6) is -1.38. The smallest absolute Gasteiger partial charge is 0.330 e. The van der Waals surface area contributed by atoms with E-state index in [2.05, 4.69) is 31.1 Å². The third-order valence-electron chi connectivity index (χ3n) is 5.14. The van der Waals surface area contributed by atoms with Crippen LogP contribution in [0.1, 0.15) is 28.9 Å². The second kappa shape index (κ2) is 7.69. The van der Waals surface area contributed by atoms with E-state index in [1.54, 1.807) is 6.07 Å². The fraction of sp³-hybridized carbons (Fsp3) is 0.300. The van der Waals surface area contributed by atoms with Gasteiger partial charge in [-0.1, -0.05) is 30.3 Å². The van der Waals surface area contributed by atoms with Crippen molar-refractivity contribution in [3.63, 3.8) is 0 Å². The van der Waals surface area contributed by atoms with Crippen molar-refractivity contribution in [2.45, 2.75) is 24.9 Å². The SMILES string of the molecule is O=C(NC1(C(=O)O)CCCN(Cc2ccccc2)C1)c1cc2scc(Br)c2[nH]1. The zero-order valence-corrected chi connectivity index (χ0v) is 17.5. The molecule has 1 fully saturated rings. The number of carbonyl (C=O) groups is 2. The van der Waals surface area contributed by atoms with Crippen molar-refractivity contribution < 1.29 is 14.7 Å². The number of H-pyrrole nitrogens is 1. The minimum Gasteiger partial charge on any atom is -0.479 e. The lowest BCUT2D eigenvalue weighted by Gasteiger charge is -2.40. The van der Waals surface area contributed by atoms with Crippen LogP contribution in [0, 0.1) is 0 Å². The molecule has 4 rings (SSSR count). The molecule has 6 nitrogen and oxygen atoms in total. The van der Waals surface area contributed by atoms with Crippen molar-refractivity contribution in [3.05, 3.63) is 57.5 Å². The van der Waals surface area contributed by atoms with Gasteiger partial charge in [0.2, 0.25) is 0 Å². The van der Waals surface area contributed by atoms with Gasteiger partial charge >= 0.3 is 5.97 Å². The van der Waals surface area contributed by atoms with Crippen molar-refractivity contribution >= 4 is 49.4 Å². The van der Waals surface area contributed by atoms with Gasteiger partial charge in [-0.05, 0) is 46.9 Å². The van der Waals surface area contributed by atoms with Gasteiger partial charge in [-0.15, -0.1) is 11.3 Å². The molecule has 1 aliphatic heterocycles. The number of hydrogen-bond acceptors (Lipinski definition) is 4. The molecule has 1 saturated heterocycles. The summed E-state index contributed by atoms with van der Waals surface area (Å²) in [5, 5.41) is 14.7. The zero-order chi connectivity index (χ0) is 19.7. The van der Waals surface area contributed by atoms with E-state index in [4.69, 9.17) is 0 Å². The third kappa shape index (κ3) is 3.72. The number of aromatic amines is 1. The summed E-state index contributed by atoms with van der Waals surface area (Å²) in [6.07, 6.45) is 1.13. The highest BCUT2D eigenvalue weighted by atomic mass is 79.9. The van der Waals surface area contributed by atoms with Gasteiger partial charge in [0.15, 0.2) is 5.54 Å². The Morgan fingerprint density at radius 1 is 1.32 bits per heavy atom. The summed E-state index contributed by atoms with van der Waals surface area (Å²) in [7, 11) is 0. The second-order valence-corrected chi connectivity index (χ2v) is 8.91. The Kier molecular flexibility index (Phi) is 5.27. The predicted octanol–water partition coefficient (Wildman–Crippen LogP) is 3.84. The Bertz CT molecular complexity index is 1020. The van der Waals surface area contributed by atoms with Crippen molar-refractivity contribution in [2.24, 2.45) is 0 Å². The first-order valence-electron chi connectivity index (χ1n) is 9.05. The molecule has 146 valence electrons. The van der Waals surface area contributed by atoms with Gasteiger partial charge in [0.05, 0.1) is 14.7 Å². The number of carbonyl (C=O) groups excluding carboxylic acids is 1. The summed E-state index contributed by atoms with van der Waals surface area (Å²) < 4.78 is 1.85. The molecule has 1 aromatic carbocycles. The lowest BCUT2D eigenvalue weighted by Crippen LogP contribution is -2.63. The fourth-order valence-corrected chi connectivity index (χ4v) is 5.28. The summed E-state index contributed by atoms with van der Waals surface area (Å²) in [4.78, 5) is 30.2. The van der Waals surface area contributed by atoms with E-state index < -0.39 is 11.5 Å². The Labute approximate surface area is 174 Å². The van der Waals surface area contributed by atoms with Crippen molar-refractivity contribution in [1.82, 2.24) is 15.2 Å². The van der Waals surface area contributed by atoms with Crippen LogP contribution in [-0.4, -0.2) is 45.5 Å². The Hall–Kier alpha value is -2.16. The molecule has 3 N–H and O–H groups in total. The molecular formula is C20H20BrN3O3S. The number of hydrogen-bond donors (Lipinski definition) is 3. The number of likely N-dealkylation sites (tertiary alicyclic amines) is 1. The molecule has 1 amide bonds. The van der Waals surface area contributed by atoms with Gasteiger partial charge in [-0.3, -0.25) is 9.69 Å². The van der Waals surface area contributed by atoms with Crippen molar-refractivity contribution in [1.29, 1.82) is 0 Å². The highest BCUT2D eigenvalue weighted by Gasteiger charge is 2.44. The first kappa shape index (κ1) is 19.2. The van der Waals surface area contributed by atoms with Gasteiger partial charge in [-0.25, -0.2) is 4.79 Å². The number of amides is 1. The highest BCUT2D eigenvalue weighted by molar-refractivity contribution is 9.10. The highest BCUT2D eigenvalue weighted by Crippen LogP contribution is 2.31. The zero-order valence-electron chi connectivity index (χ0n) is 15.1. The van der Waals surface area contributed by atoms with E-state index >= 15 is 0 Å². The number of nitrogens with zero attached hydrogens (tertiary/aromatic N) is 1. The van der Waals surface area contributed by atoms with Gasteiger partial charge in [0.25, 0.3) is 5.91 Å². The van der Waals surface area contributed by atoms with Crippen LogP contribution in [0.2, 0.25) is 0 Å². The molecule has 0 spiro atoms. The monoisotopic (exact) mass is 461 g/mol. The summed E-state index contributed by atoms with van der Waals surface area (Å²) >= 11 is 4.97. The van der Waals surface area contributed by atoms with Crippen molar-refractivity contribution in [2.75, 3.05) is 13.1 Å². The second-order valence-electron chi connectivity index (χ2n) is 7.15. The van der Waals surface area contributed by atoms with Crippen LogP contribution < -0.4 is 5.32 Å². The summed E-state index contributed by atoms with van der Waals surface area (Å²) in [6.45, 7) is 1.75. The molecule has 8 heteroatoms. The Morgan fingerprint density at radius 3 is 2.82 bits per heavy atom. The van der Waals surface area contributed by atoms with Crippen LogP contribution in [0.25, 0.3) is 10.2 Å². The molecular weight excluding hydrogens is 442 g/mol. The topological polar surface area (TPSA) is 85.4 Å². The summed E-state index contributed by atoms with van der Waals surface area (Å²) in [6, 6.07) is 11.7. The number of aromatic nitrogens is 1. The largest absolute Gasteiger partial charge is 0.479 e. The van der Waals surface area contributed by atoms with Crippen LogP contribution in [0.5, 0.6) is 0 Å². The van der Waals surface area contributed by atoms with E-state index in [-0.39, 0.29) is 12.5 Å². The lowest BCUT2D eigenvalue weighted by atomic mass is 9.88. The van der Waals surface area contributed by atoms with Crippen LogP contribution in [-0.2, 0) is 11.3 Å². The first-order valence-corrected chi connectivity index (χ1v) is 10.7.